The van der Waals surface area contributed by atoms with E-state index in [9.17, 15) is 9.46 Å². The maximum atomic E-state index is 12.8. The van der Waals surface area contributed by atoms with Crippen LogP contribution in [0, 0.1) is 24.7 Å². The molecule has 5 rings (SSSR count). The first-order valence-corrected chi connectivity index (χ1v) is 10.3. The molecule has 0 radical (unpaired) electrons. The van der Waals surface area contributed by atoms with Crippen molar-refractivity contribution in [3.05, 3.63) is 71.8 Å². The van der Waals surface area contributed by atoms with Crippen molar-refractivity contribution in [3.63, 3.8) is 0 Å². The molecule has 0 aliphatic carbocycles. The van der Waals surface area contributed by atoms with Gasteiger partial charge < -0.3 is 9.05 Å². The van der Waals surface area contributed by atoms with Gasteiger partial charge in [0.05, 0.1) is 11.1 Å². The van der Waals surface area contributed by atoms with Gasteiger partial charge in [-0.25, -0.2) is 4.57 Å². The highest BCUT2D eigenvalue weighted by Crippen LogP contribution is 2.58. The zero-order valence-corrected chi connectivity index (χ0v) is 15.9. The van der Waals surface area contributed by atoms with Gasteiger partial charge in [0.1, 0.15) is 0 Å². The van der Waals surface area contributed by atoms with Gasteiger partial charge in [-0.2, -0.15) is 0 Å². The van der Waals surface area contributed by atoms with Crippen molar-refractivity contribution < 1.29 is 18.5 Å². The Labute approximate surface area is 167 Å². The van der Waals surface area contributed by atoms with Crippen LogP contribution in [0.4, 0.5) is 0 Å². The molecule has 0 bridgehead atoms. The largest absolute Gasteiger partial charge is 0.585 e. The summed E-state index contributed by atoms with van der Waals surface area (Å²) in [7, 11) is -4.52. The van der Waals surface area contributed by atoms with E-state index < -0.39 is 7.82 Å². The third-order valence-electron chi connectivity index (χ3n) is 4.98. The summed E-state index contributed by atoms with van der Waals surface area (Å²) in [6.45, 7) is 0. The molecule has 0 saturated carbocycles. The highest BCUT2D eigenvalue weighted by atomic mass is 31.2. The number of rotatable bonds is 0. The number of fused-ring (bicyclic) bond motifs is 7. The molecule has 1 heterocycles. The third-order valence-corrected chi connectivity index (χ3v) is 5.80. The highest BCUT2D eigenvalue weighted by molar-refractivity contribution is 7.48. The Morgan fingerprint density at radius 2 is 1.17 bits per heavy atom. The molecular weight excluding hydrogens is 383 g/mol. The minimum absolute atomic E-state index is 0.134. The van der Waals surface area contributed by atoms with Gasteiger partial charge in [-0.15, -0.1) is 12.8 Å². The van der Waals surface area contributed by atoms with Crippen molar-refractivity contribution in [3.8, 4) is 47.3 Å². The lowest BCUT2D eigenvalue weighted by Crippen LogP contribution is -2.00. The van der Waals surface area contributed by atoms with Crippen LogP contribution < -0.4 is 9.05 Å². The molecule has 29 heavy (non-hydrogen) atoms. The molecule has 4 nitrogen and oxygen atoms in total. The number of hydrogen-bond donors (Lipinski definition) is 1. The second-order valence-corrected chi connectivity index (χ2v) is 7.94. The Morgan fingerprint density at radius 3 is 1.59 bits per heavy atom. The van der Waals surface area contributed by atoms with E-state index in [0.29, 0.717) is 22.3 Å². The van der Waals surface area contributed by atoms with Crippen LogP contribution >= 0.6 is 7.82 Å². The summed E-state index contributed by atoms with van der Waals surface area (Å²) in [4.78, 5) is 10.4. The molecule has 1 N–H and O–H groups in total. The van der Waals surface area contributed by atoms with Gasteiger partial charge in [0.15, 0.2) is 11.5 Å². The van der Waals surface area contributed by atoms with Gasteiger partial charge in [-0.3, -0.25) is 4.89 Å². The van der Waals surface area contributed by atoms with Gasteiger partial charge in [0, 0.05) is 11.1 Å². The maximum absolute atomic E-state index is 12.8. The number of phosphoric acid groups is 1. The topological polar surface area (TPSA) is 55.8 Å². The van der Waals surface area contributed by atoms with Gasteiger partial charge in [-0.1, -0.05) is 60.4 Å². The zero-order valence-electron chi connectivity index (χ0n) is 15.0. The standard InChI is InChI=1S/C24H13O4P/c1-3-15-13-17-9-5-7-11-19(17)21-22-20-12-8-6-10-18(20)14-16(4-2)24(22)28-29(25,26)27-23(15)21/h1-2,5-14H,(H,25,26). The summed E-state index contributed by atoms with van der Waals surface area (Å²) >= 11 is 0. The molecular formula is C24H13O4P. The smallest absolute Gasteiger partial charge is 0.393 e. The number of benzene rings is 4. The monoisotopic (exact) mass is 396 g/mol. The van der Waals surface area contributed by atoms with Crippen LogP contribution in [0.2, 0.25) is 0 Å². The highest BCUT2D eigenvalue weighted by Gasteiger charge is 2.36. The fourth-order valence-corrected chi connectivity index (χ4v) is 4.68. The molecule has 4 aromatic rings. The first-order chi connectivity index (χ1) is 14.0. The summed E-state index contributed by atoms with van der Waals surface area (Å²) in [5.41, 5.74) is 1.90. The molecule has 0 amide bonds. The Morgan fingerprint density at radius 1 is 0.759 bits per heavy atom. The van der Waals surface area contributed by atoms with E-state index in [0.717, 1.165) is 21.5 Å². The summed E-state index contributed by atoms with van der Waals surface area (Å²) in [6, 6.07) is 18.7. The van der Waals surface area contributed by atoms with E-state index in [1.54, 1.807) is 12.1 Å². The summed E-state index contributed by atoms with van der Waals surface area (Å²) in [6.07, 6.45) is 11.4. The molecule has 0 fully saturated rings. The lowest BCUT2D eigenvalue weighted by molar-refractivity contribution is 0.294. The lowest BCUT2D eigenvalue weighted by Gasteiger charge is -2.15. The Kier molecular flexibility index (Phi) is 3.70. The average molecular weight is 396 g/mol. The van der Waals surface area contributed by atoms with Crippen molar-refractivity contribution in [2.75, 3.05) is 0 Å². The van der Waals surface area contributed by atoms with Crippen LogP contribution in [-0.4, -0.2) is 4.89 Å². The van der Waals surface area contributed by atoms with Gasteiger partial charge in [-0.05, 0) is 33.7 Å². The van der Waals surface area contributed by atoms with Crippen LogP contribution in [0.3, 0.4) is 0 Å². The zero-order chi connectivity index (χ0) is 20.2. The Hall–Kier alpha value is -3.69. The molecule has 138 valence electrons. The minimum Gasteiger partial charge on any atom is -0.393 e. The second-order valence-electron chi connectivity index (χ2n) is 6.64. The van der Waals surface area contributed by atoms with E-state index in [-0.39, 0.29) is 11.5 Å². The predicted octanol–water partition coefficient (Wildman–Crippen LogP) is 5.49. The average Bonchev–Trinajstić information content (AvgIpc) is 2.85. The van der Waals surface area contributed by atoms with E-state index in [4.69, 9.17) is 21.9 Å². The lowest BCUT2D eigenvalue weighted by atomic mass is 9.89. The fraction of sp³-hybridized carbons (Fsp3) is 0. The molecule has 0 atom stereocenters. The van der Waals surface area contributed by atoms with Crippen molar-refractivity contribution in [2.45, 2.75) is 0 Å². The van der Waals surface area contributed by atoms with Crippen LogP contribution in [0.15, 0.2) is 60.7 Å². The Bertz CT molecular complexity index is 1360. The minimum atomic E-state index is -4.52. The van der Waals surface area contributed by atoms with Crippen molar-refractivity contribution >= 4 is 29.4 Å². The van der Waals surface area contributed by atoms with Crippen LogP contribution in [0.25, 0.3) is 32.7 Å². The molecule has 0 spiro atoms. The second kappa shape index (κ2) is 6.16. The molecule has 0 saturated heterocycles. The summed E-state index contributed by atoms with van der Waals surface area (Å²) in [5.74, 6) is 5.40. The first kappa shape index (κ1) is 17.4. The molecule has 0 aromatic heterocycles. The SMILES string of the molecule is C#Cc1cc2ccccc2c2c1OP(=O)(O)Oc1c(C#C)cc3ccccc3c1-2. The van der Waals surface area contributed by atoms with Crippen molar-refractivity contribution in [2.24, 2.45) is 0 Å². The molecule has 4 aromatic carbocycles. The first-order valence-electron chi connectivity index (χ1n) is 8.79. The van der Waals surface area contributed by atoms with E-state index in [1.807, 2.05) is 48.5 Å². The normalized spacial score (nSPS) is 13.9. The van der Waals surface area contributed by atoms with Gasteiger partial charge >= 0.3 is 7.82 Å². The van der Waals surface area contributed by atoms with Crippen molar-refractivity contribution in [1.29, 1.82) is 0 Å². The van der Waals surface area contributed by atoms with Crippen LogP contribution in [0.1, 0.15) is 11.1 Å². The van der Waals surface area contributed by atoms with Gasteiger partial charge in [0.25, 0.3) is 0 Å². The molecule has 0 unspecified atom stereocenters. The fourth-order valence-electron chi connectivity index (χ4n) is 3.81. The summed E-state index contributed by atoms with van der Waals surface area (Å²) in [5, 5.41) is 3.37. The summed E-state index contributed by atoms with van der Waals surface area (Å²) < 4.78 is 23.7. The Balaban J connectivity index is 2.11. The molecule has 1 aliphatic rings. The quantitative estimate of drug-likeness (QED) is 0.315. The van der Waals surface area contributed by atoms with Crippen LogP contribution in [-0.2, 0) is 4.57 Å². The van der Waals surface area contributed by atoms with Crippen molar-refractivity contribution in [1.82, 2.24) is 0 Å². The van der Waals surface area contributed by atoms with Crippen LogP contribution in [0.5, 0.6) is 11.5 Å². The maximum Gasteiger partial charge on any atom is 0.585 e. The van der Waals surface area contributed by atoms with Gasteiger partial charge in [0.2, 0.25) is 0 Å². The predicted molar refractivity (Wildman–Crippen MR) is 114 cm³/mol. The number of terminal acetylenes is 2. The van der Waals surface area contributed by atoms with E-state index in [2.05, 4.69) is 11.8 Å². The number of hydrogen-bond acceptors (Lipinski definition) is 3. The van der Waals surface area contributed by atoms with E-state index >= 15 is 0 Å². The third kappa shape index (κ3) is 2.59. The molecule has 1 aliphatic heterocycles. The van der Waals surface area contributed by atoms with E-state index in [1.165, 1.54) is 0 Å². The number of phosphoric ester groups is 1. The molecule has 5 heteroatoms.